The van der Waals surface area contributed by atoms with Crippen molar-refractivity contribution in [1.82, 2.24) is 9.97 Å². The average Bonchev–Trinajstić information content (AvgIpc) is 3.19. The van der Waals surface area contributed by atoms with Gasteiger partial charge in [0.25, 0.3) is 0 Å². The van der Waals surface area contributed by atoms with E-state index >= 15 is 0 Å². The number of rotatable bonds is 6. The van der Waals surface area contributed by atoms with Crippen LogP contribution in [-0.4, -0.2) is 9.97 Å². The molecule has 4 nitrogen and oxygen atoms in total. The third kappa shape index (κ3) is 4.76. The van der Waals surface area contributed by atoms with Gasteiger partial charge < -0.3 is 9.80 Å². The van der Waals surface area contributed by atoms with E-state index in [9.17, 15) is 0 Å². The normalized spacial score (nSPS) is 11.7. The van der Waals surface area contributed by atoms with Crippen LogP contribution >= 0.6 is 0 Å². The summed E-state index contributed by atoms with van der Waals surface area (Å²) in [7, 11) is 0. The van der Waals surface area contributed by atoms with Gasteiger partial charge in [0.1, 0.15) is 0 Å². The van der Waals surface area contributed by atoms with Crippen molar-refractivity contribution >= 4 is 88.2 Å². The average molecular weight is 667 g/mol. The van der Waals surface area contributed by atoms with Gasteiger partial charge in [-0.1, -0.05) is 109 Å². The lowest BCUT2D eigenvalue weighted by Crippen LogP contribution is -2.12. The fourth-order valence-corrected chi connectivity index (χ4v) is 8.05. The van der Waals surface area contributed by atoms with Crippen LogP contribution in [0.2, 0.25) is 0 Å². The molecule has 0 radical (unpaired) electrons. The molecule has 2 heterocycles. The molecular weight excluding hydrogens is 633 g/mol. The third-order valence-corrected chi connectivity index (χ3v) is 10.4. The van der Waals surface area contributed by atoms with Crippen molar-refractivity contribution in [2.75, 3.05) is 9.80 Å². The molecule has 246 valence electrons. The molecule has 0 saturated heterocycles. The van der Waals surface area contributed by atoms with E-state index in [-0.39, 0.29) is 0 Å². The van der Waals surface area contributed by atoms with Crippen molar-refractivity contribution in [1.29, 1.82) is 0 Å². The van der Waals surface area contributed by atoms with E-state index in [4.69, 9.17) is 9.97 Å². The zero-order valence-corrected chi connectivity index (χ0v) is 29.0. The van der Waals surface area contributed by atoms with Gasteiger partial charge in [-0.2, -0.15) is 0 Å². The van der Waals surface area contributed by atoms with Crippen LogP contribution in [0.15, 0.2) is 170 Å². The quantitative estimate of drug-likeness (QED) is 0.165. The summed E-state index contributed by atoms with van der Waals surface area (Å²) in [6, 6.07) is 60.6. The minimum absolute atomic E-state index is 0.968. The number of anilines is 6. The lowest BCUT2D eigenvalue weighted by Gasteiger charge is -2.29. The summed E-state index contributed by atoms with van der Waals surface area (Å²) in [5.74, 6) is 0. The second kappa shape index (κ2) is 11.9. The maximum atomic E-state index is 5.36. The summed E-state index contributed by atoms with van der Waals surface area (Å²) in [4.78, 5) is 15.4. The largest absolute Gasteiger partial charge is 0.310 e. The Morgan fingerprint density at radius 1 is 0.346 bits per heavy atom. The molecule has 52 heavy (non-hydrogen) atoms. The number of hydrogen-bond donors (Lipinski definition) is 0. The van der Waals surface area contributed by atoms with Crippen LogP contribution in [0.5, 0.6) is 0 Å². The summed E-state index contributed by atoms with van der Waals surface area (Å²) in [5.41, 5.74) is 10.4. The van der Waals surface area contributed by atoms with Gasteiger partial charge >= 0.3 is 0 Å². The molecule has 0 amide bonds. The molecule has 10 rings (SSSR count). The van der Waals surface area contributed by atoms with Crippen molar-refractivity contribution in [2.45, 2.75) is 13.8 Å². The van der Waals surface area contributed by atoms with Crippen LogP contribution in [0.3, 0.4) is 0 Å². The number of fused-ring (bicyclic) bond motifs is 2. The van der Waals surface area contributed by atoms with Crippen LogP contribution in [0.25, 0.3) is 54.1 Å². The smallest absolute Gasteiger partial charge is 0.0740 e. The lowest BCUT2D eigenvalue weighted by atomic mass is 9.96. The second-order valence-electron chi connectivity index (χ2n) is 13.5. The van der Waals surface area contributed by atoms with E-state index in [1.807, 2.05) is 0 Å². The number of aromatic nitrogens is 2. The Morgan fingerprint density at radius 3 is 1.17 bits per heavy atom. The van der Waals surface area contributed by atoms with Crippen molar-refractivity contribution < 1.29 is 0 Å². The third-order valence-electron chi connectivity index (χ3n) is 10.4. The first kappa shape index (κ1) is 30.1. The maximum Gasteiger partial charge on any atom is 0.0740 e. The van der Waals surface area contributed by atoms with Crippen molar-refractivity contribution in [3.05, 3.63) is 181 Å². The number of benzene rings is 8. The van der Waals surface area contributed by atoms with Crippen LogP contribution in [0.1, 0.15) is 11.4 Å². The Labute approximate surface area is 302 Å². The molecule has 2 aromatic heterocycles. The first-order valence-corrected chi connectivity index (χ1v) is 17.8. The van der Waals surface area contributed by atoms with Gasteiger partial charge in [0.05, 0.1) is 22.4 Å². The topological polar surface area (TPSA) is 32.3 Å². The zero-order valence-electron chi connectivity index (χ0n) is 29.0. The number of pyridine rings is 2. The van der Waals surface area contributed by atoms with E-state index in [1.165, 1.54) is 21.5 Å². The van der Waals surface area contributed by atoms with Gasteiger partial charge in [-0.3, -0.25) is 9.97 Å². The summed E-state index contributed by atoms with van der Waals surface area (Å²) < 4.78 is 0. The minimum atomic E-state index is 0.968. The fourth-order valence-electron chi connectivity index (χ4n) is 8.05. The first-order chi connectivity index (χ1) is 25.6. The molecule has 0 aliphatic heterocycles. The van der Waals surface area contributed by atoms with Gasteiger partial charge in [-0.25, -0.2) is 0 Å². The number of hydrogen-bond acceptors (Lipinski definition) is 4. The van der Waals surface area contributed by atoms with E-state index in [0.29, 0.717) is 0 Å². The summed E-state index contributed by atoms with van der Waals surface area (Å²) in [6.07, 6.45) is 0. The predicted octanol–water partition coefficient (Wildman–Crippen LogP) is 13.2. The van der Waals surface area contributed by atoms with Crippen LogP contribution in [-0.2, 0) is 0 Å². The van der Waals surface area contributed by atoms with Crippen LogP contribution in [0.4, 0.5) is 34.1 Å². The fraction of sp³-hybridized carbons (Fsp3) is 0.0417. The van der Waals surface area contributed by atoms with Gasteiger partial charge in [0.2, 0.25) is 0 Å². The maximum absolute atomic E-state index is 5.36. The Kier molecular flexibility index (Phi) is 6.90. The molecule has 0 aliphatic rings. The van der Waals surface area contributed by atoms with Crippen molar-refractivity contribution in [2.24, 2.45) is 0 Å². The highest BCUT2D eigenvalue weighted by atomic mass is 15.2. The molecule has 4 heteroatoms. The summed E-state index contributed by atoms with van der Waals surface area (Å²) in [5, 5.41) is 9.32. The molecule has 0 aliphatic carbocycles. The molecular formula is C48H34N4. The predicted molar refractivity (Wildman–Crippen MR) is 220 cm³/mol. The molecule has 0 unspecified atom stereocenters. The minimum Gasteiger partial charge on any atom is -0.310 e. The Balaban J connectivity index is 1.22. The van der Waals surface area contributed by atoms with E-state index in [1.54, 1.807) is 0 Å². The molecule has 0 bridgehead atoms. The Bertz CT molecular complexity index is 2720. The van der Waals surface area contributed by atoms with Gasteiger partial charge in [-0.15, -0.1) is 0 Å². The lowest BCUT2D eigenvalue weighted by molar-refractivity contribution is 1.24. The van der Waals surface area contributed by atoms with Crippen molar-refractivity contribution in [3.63, 3.8) is 0 Å². The second-order valence-corrected chi connectivity index (χ2v) is 13.5. The van der Waals surface area contributed by atoms with Crippen molar-refractivity contribution in [3.8, 4) is 0 Å². The summed E-state index contributed by atoms with van der Waals surface area (Å²) in [6.45, 7) is 4.26. The highest BCUT2D eigenvalue weighted by molar-refractivity contribution is 6.24. The number of para-hydroxylation sites is 2. The Morgan fingerprint density at radius 2 is 0.731 bits per heavy atom. The highest BCUT2D eigenvalue weighted by Gasteiger charge is 2.23. The van der Waals surface area contributed by atoms with Crippen LogP contribution < -0.4 is 9.80 Å². The van der Waals surface area contributed by atoms with Gasteiger partial charge in [0.15, 0.2) is 0 Å². The summed E-state index contributed by atoms with van der Waals surface area (Å²) >= 11 is 0. The molecule has 0 saturated carbocycles. The number of aryl methyl sites for hydroxylation is 2. The van der Waals surface area contributed by atoms with Crippen LogP contribution in [0, 0.1) is 13.8 Å². The van der Waals surface area contributed by atoms with Gasteiger partial charge in [0, 0.05) is 66.5 Å². The zero-order chi connectivity index (χ0) is 34.8. The molecule has 0 N–H and O–H groups in total. The highest BCUT2D eigenvalue weighted by Crippen LogP contribution is 2.46. The Hall–Kier alpha value is -6.78. The van der Waals surface area contributed by atoms with Gasteiger partial charge in [-0.05, 0) is 85.3 Å². The molecule has 0 spiro atoms. The first-order valence-electron chi connectivity index (χ1n) is 17.8. The number of nitrogens with zero attached hydrogens (tertiary/aromatic N) is 4. The molecule has 0 atom stereocenters. The van der Waals surface area contributed by atoms with E-state index in [0.717, 1.165) is 78.1 Å². The van der Waals surface area contributed by atoms with E-state index < -0.39 is 0 Å². The molecule has 0 fully saturated rings. The van der Waals surface area contributed by atoms with E-state index in [2.05, 4.69) is 194 Å². The SMILES string of the molecule is Cc1nc2cc(N(c3ccccc3)c3cccc4ccccc34)cc3c(C)nc4cc(N(c5ccccc5)c5cccc6ccccc56)cc1c4c23. The monoisotopic (exact) mass is 666 g/mol. The molecule has 8 aromatic carbocycles. The standard InChI is InChI=1S/C48H34N4/c1-31-41-27-37(51(35-19-5-3-6-20-35)45-25-13-17-33-15-9-11-23-39(33)45)30-44-47(41)48-42(32(2)50-44)28-38(29-43(48)49-31)52(36-21-7-4-8-22-36)46-26-14-18-34-16-10-12-24-40(34)46/h3-30H,1-2H3. The molecule has 10 aromatic rings.